The number of esters is 3. The zero-order valence-corrected chi connectivity index (χ0v) is 52.2. The van der Waals surface area contributed by atoms with Crippen molar-refractivity contribution in [3.8, 4) is 0 Å². The smallest absolute Gasteiger partial charge is 0.306 e. The summed E-state index contributed by atoms with van der Waals surface area (Å²) < 4.78 is 16.8. The van der Waals surface area contributed by atoms with Gasteiger partial charge in [-0.25, -0.2) is 0 Å². The lowest BCUT2D eigenvalue weighted by Gasteiger charge is -2.18. The highest BCUT2D eigenvalue weighted by atomic mass is 16.6. The minimum atomic E-state index is -0.837. The van der Waals surface area contributed by atoms with Gasteiger partial charge in [0.2, 0.25) is 0 Å². The standard InChI is InChI=1S/C76H116O6/c1-4-7-10-13-16-19-22-24-26-28-30-31-32-33-34-35-36-37-38-39-40-41-42-43-44-45-47-48-50-52-54-57-60-63-66-69-75(78)81-72-73(71-80-74(77)68-65-62-59-56-21-18-15-12-9-6-3)82-76(79)70-67-64-61-58-55-53-51-49-46-29-27-25-23-20-17-14-11-8-5-2/h7-8,10-12,15-17,19-20,24-27,30-31,33-34,36-37,39-40,42-43,45-47,49,53,55,61,64,73H,4-6,9,13-14,18,21-23,28-29,32,35,38,41,44,48,50-52,54,56-60,62-63,65-72H2,1-3H3/b10-7-,11-8-,15-12-,19-16-,20-17-,26-24-,27-25-,31-30-,34-33-,37-36-,40-39-,43-42-,47-45-,49-46-,55-53-,64-61-. The third-order valence-electron chi connectivity index (χ3n) is 12.8. The van der Waals surface area contributed by atoms with Crippen LogP contribution in [-0.4, -0.2) is 37.2 Å². The highest BCUT2D eigenvalue weighted by Crippen LogP contribution is 2.13. The zero-order chi connectivity index (χ0) is 59.2. The van der Waals surface area contributed by atoms with Crippen LogP contribution in [0.4, 0.5) is 0 Å². The number of rotatable bonds is 56. The van der Waals surface area contributed by atoms with Gasteiger partial charge in [0.15, 0.2) is 6.10 Å². The largest absolute Gasteiger partial charge is 0.462 e. The predicted octanol–water partition coefficient (Wildman–Crippen LogP) is 22.6. The van der Waals surface area contributed by atoms with Crippen molar-refractivity contribution in [2.45, 2.75) is 252 Å². The van der Waals surface area contributed by atoms with Crippen LogP contribution in [0, 0.1) is 0 Å². The molecule has 0 spiro atoms. The Kier molecular flexibility index (Phi) is 63.0. The van der Waals surface area contributed by atoms with Gasteiger partial charge in [-0.1, -0.05) is 273 Å². The van der Waals surface area contributed by atoms with Crippen molar-refractivity contribution in [2.75, 3.05) is 13.2 Å². The van der Waals surface area contributed by atoms with Crippen LogP contribution in [0.15, 0.2) is 194 Å². The van der Waals surface area contributed by atoms with Gasteiger partial charge in [-0.3, -0.25) is 14.4 Å². The lowest BCUT2D eigenvalue weighted by atomic mass is 10.1. The van der Waals surface area contributed by atoms with Crippen molar-refractivity contribution in [3.05, 3.63) is 194 Å². The Bertz CT molecular complexity index is 1970. The molecule has 456 valence electrons. The van der Waals surface area contributed by atoms with E-state index in [1.54, 1.807) is 0 Å². The molecule has 0 fully saturated rings. The molecule has 0 aliphatic carbocycles. The van der Waals surface area contributed by atoms with E-state index in [0.29, 0.717) is 19.3 Å². The SMILES string of the molecule is CC/C=C\C/C=C\C/C=C\C/C=C\C/C=C\C/C=C\C/C=C\C/C=C\C/C=C\CCCCCCCCCC(=O)OCC(COC(=O)CCCCCCC/C=C\CCC)OC(=O)CC/C=C\C/C=C\C/C=C\C/C=C\C/C=C\C/C=C\CC. The van der Waals surface area contributed by atoms with Crippen molar-refractivity contribution in [2.24, 2.45) is 0 Å². The summed E-state index contributed by atoms with van der Waals surface area (Å²) in [6, 6.07) is 0. The summed E-state index contributed by atoms with van der Waals surface area (Å²) >= 11 is 0. The van der Waals surface area contributed by atoms with E-state index in [4.69, 9.17) is 14.2 Å². The van der Waals surface area contributed by atoms with Gasteiger partial charge in [0.1, 0.15) is 13.2 Å². The summed E-state index contributed by atoms with van der Waals surface area (Å²) in [5.41, 5.74) is 0. The average molecular weight is 1130 g/mol. The summed E-state index contributed by atoms with van der Waals surface area (Å²) in [6.07, 6.45) is 103. The first-order valence-electron chi connectivity index (χ1n) is 32.4. The Labute approximate surface area is 503 Å². The second-order valence-electron chi connectivity index (χ2n) is 20.5. The number of carbonyl (C=O) groups is 3. The van der Waals surface area contributed by atoms with Crippen LogP contribution in [-0.2, 0) is 28.6 Å². The van der Waals surface area contributed by atoms with Gasteiger partial charge in [0.25, 0.3) is 0 Å². The molecule has 82 heavy (non-hydrogen) atoms. The molecular formula is C76H116O6. The summed E-state index contributed by atoms with van der Waals surface area (Å²) in [5.74, 6) is -1.04. The van der Waals surface area contributed by atoms with Crippen LogP contribution >= 0.6 is 0 Å². The van der Waals surface area contributed by atoms with E-state index in [1.165, 1.54) is 32.1 Å². The molecule has 0 heterocycles. The fraction of sp³-hybridized carbons (Fsp3) is 0.539. The number of allylic oxidation sites excluding steroid dienone is 32. The van der Waals surface area contributed by atoms with Crippen molar-refractivity contribution >= 4 is 17.9 Å². The predicted molar refractivity (Wildman–Crippen MR) is 357 cm³/mol. The van der Waals surface area contributed by atoms with Crippen LogP contribution in [0.5, 0.6) is 0 Å². The molecule has 0 aromatic carbocycles. The summed E-state index contributed by atoms with van der Waals surface area (Å²) in [7, 11) is 0. The molecule has 1 atom stereocenters. The highest BCUT2D eigenvalue weighted by molar-refractivity contribution is 5.71. The normalized spacial score (nSPS) is 13.5. The molecule has 0 saturated carbocycles. The molecule has 0 aliphatic heterocycles. The van der Waals surface area contributed by atoms with E-state index in [0.717, 1.165) is 167 Å². The van der Waals surface area contributed by atoms with Crippen LogP contribution in [0.25, 0.3) is 0 Å². The first-order chi connectivity index (χ1) is 40.5. The minimum absolute atomic E-state index is 0.125. The molecule has 0 radical (unpaired) electrons. The quantitative estimate of drug-likeness (QED) is 0.0261. The van der Waals surface area contributed by atoms with Crippen molar-refractivity contribution < 1.29 is 28.6 Å². The second kappa shape index (κ2) is 67.8. The van der Waals surface area contributed by atoms with E-state index < -0.39 is 12.1 Å². The fourth-order valence-electron chi connectivity index (χ4n) is 8.05. The van der Waals surface area contributed by atoms with E-state index >= 15 is 0 Å². The molecule has 0 bridgehead atoms. The maximum absolute atomic E-state index is 12.8. The Morgan fingerprint density at radius 2 is 0.500 bits per heavy atom. The topological polar surface area (TPSA) is 78.9 Å². The Morgan fingerprint density at radius 3 is 0.805 bits per heavy atom. The van der Waals surface area contributed by atoms with Gasteiger partial charge < -0.3 is 14.2 Å². The molecule has 0 amide bonds. The lowest BCUT2D eigenvalue weighted by molar-refractivity contribution is -0.166. The van der Waals surface area contributed by atoms with Crippen molar-refractivity contribution in [1.29, 1.82) is 0 Å². The molecule has 1 unspecified atom stereocenters. The molecule has 0 aliphatic rings. The Balaban J connectivity index is 4.34. The van der Waals surface area contributed by atoms with Crippen LogP contribution in [0.2, 0.25) is 0 Å². The third kappa shape index (κ3) is 65.1. The first-order valence-corrected chi connectivity index (χ1v) is 32.4. The summed E-state index contributed by atoms with van der Waals surface area (Å²) in [5, 5.41) is 0. The van der Waals surface area contributed by atoms with Gasteiger partial charge in [0, 0.05) is 19.3 Å². The van der Waals surface area contributed by atoms with Gasteiger partial charge >= 0.3 is 17.9 Å². The first kappa shape index (κ1) is 76.2. The highest BCUT2D eigenvalue weighted by Gasteiger charge is 2.19. The van der Waals surface area contributed by atoms with Crippen LogP contribution < -0.4 is 0 Å². The van der Waals surface area contributed by atoms with Gasteiger partial charge in [-0.2, -0.15) is 0 Å². The molecule has 0 N–H and O–H groups in total. The molecular weight excluding hydrogens is 1010 g/mol. The van der Waals surface area contributed by atoms with E-state index in [-0.39, 0.29) is 31.6 Å². The molecule has 0 saturated heterocycles. The number of ether oxygens (including phenoxy) is 3. The number of hydrogen-bond donors (Lipinski definition) is 0. The third-order valence-corrected chi connectivity index (χ3v) is 12.8. The van der Waals surface area contributed by atoms with Gasteiger partial charge in [-0.05, 0) is 148 Å². The Morgan fingerprint density at radius 1 is 0.256 bits per heavy atom. The number of hydrogen-bond acceptors (Lipinski definition) is 6. The van der Waals surface area contributed by atoms with Gasteiger partial charge in [0.05, 0.1) is 0 Å². The molecule has 0 aromatic heterocycles. The fourth-order valence-corrected chi connectivity index (χ4v) is 8.05. The average Bonchev–Trinajstić information content (AvgIpc) is 3.48. The van der Waals surface area contributed by atoms with Crippen molar-refractivity contribution in [1.82, 2.24) is 0 Å². The van der Waals surface area contributed by atoms with Crippen LogP contribution in [0.3, 0.4) is 0 Å². The van der Waals surface area contributed by atoms with Crippen molar-refractivity contribution in [3.63, 3.8) is 0 Å². The molecule has 0 aromatic rings. The monoisotopic (exact) mass is 1120 g/mol. The Hall–Kier alpha value is -5.75. The molecule has 6 nitrogen and oxygen atoms in total. The van der Waals surface area contributed by atoms with Gasteiger partial charge in [-0.15, -0.1) is 0 Å². The zero-order valence-electron chi connectivity index (χ0n) is 52.2. The van der Waals surface area contributed by atoms with E-state index in [9.17, 15) is 14.4 Å². The van der Waals surface area contributed by atoms with Crippen LogP contribution in [0.1, 0.15) is 245 Å². The summed E-state index contributed by atoms with van der Waals surface area (Å²) in [4.78, 5) is 38.2. The summed E-state index contributed by atoms with van der Waals surface area (Å²) in [6.45, 7) is 6.25. The maximum Gasteiger partial charge on any atom is 0.306 e. The second-order valence-corrected chi connectivity index (χ2v) is 20.5. The molecule has 6 heteroatoms. The minimum Gasteiger partial charge on any atom is -0.462 e. The van der Waals surface area contributed by atoms with E-state index in [2.05, 4.69) is 203 Å². The number of unbranched alkanes of at least 4 members (excludes halogenated alkanes) is 13. The lowest BCUT2D eigenvalue weighted by Crippen LogP contribution is -2.30. The molecule has 0 rings (SSSR count). The number of carbonyl (C=O) groups excluding carboxylic acids is 3. The van der Waals surface area contributed by atoms with E-state index in [1.807, 2.05) is 12.2 Å². The maximum atomic E-state index is 12.8.